The highest BCUT2D eigenvalue weighted by Gasteiger charge is 2.33. The van der Waals surface area contributed by atoms with Crippen LogP contribution in [0.25, 0.3) is 0 Å². The standard InChI is InChI=1S/C13H17F3O3/c1-9(7-8-18-2)12(17)10-5-3-4-6-11(10)19-13(14,15)16/h3-6,9,12,17H,7-8H2,1-2H3. The molecule has 2 atom stereocenters. The summed E-state index contributed by atoms with van der Waals surface area (Å²) in [6.45, 7) is 2.18. The van der Waals surface area contributed by atoms with E-state index in [1.54, 1.807) is 13.0 Å². The Bertz CT molecular complexity index is 393. The molecule has 6 heteroatoms. The minimum Gasteiger partial charge on any atom is -0.405 e. The summed E-state index contributed by atoms with van der Waals surface area (Å²) < 4.78 is 45.6. The Balaban J connectivity index is 2.87. The second-order valence-corrected chi connectivity index (χ2v) is 4.29. The van der Waals surface area contributed by atoms with Gasteiger partial charge in [0.15, 0.2) is 0 Å². The lowest BCUT2D eigenvalue weighted by Gasteiger charge is -2.22. The Kier molecular flexibility index (Phi) is 5.62. The molecule has 19 heavy (non-hydrogen) atoms. The van der Waals surface area contributed by atoms with E-state index in [1.165, 1.54) is 25.3 Å². The van der Waals surface area contributed by atoms with E-state index in [0.29, 0.717) is 13.0 Å². The third kappa shape index (κ3) is 5.08. The minimum absolute atomic E-state index is 0.128. The lowest BCUT2D eigenvalue weighted by atomic mass is 9.94. The van der Waals surface area contributed by atoms with Crippen molar-refractivity contribution in [3.05, 3.63) is 29.8 Å². The molecule has 3 nitrogen and oxygen atoms in total. The second kappa shape index (κ2) is 6.77. The Hall–Kier alpha value is -1.27. The van der Waals surface area contributed by atoms with Crippen LogP contribution in [0.1, 0.15) is 25.0 Å². The molecule has 1 aromatic carbocycles. The predicted octanol–water partition coefficient (Wildman–Crippen LogP) is 3.29. The molecule has 0 aliphatic carbocycles. The van der Waals surface area contributed by atoms with Crippen molar-refractivity contribution in [2.24, 2.45) is 5.92 Å². The Morgan fingerprint density at radius 3 is 2.47 bits per heavy atom. The third-order valence-electron chi connectivity index (χ3n) is 2.78. The first-order chi connectivity index (χ1) is 8.85. The summed E-state index contributed by atoms with van der Waals surface area (Å²) in [6.07, 6.45) is -5.27. The average Bonchev–Trinajstić information content (AvgIpc) is 2.34. The van der Waals surface area contributed by atoms with E-state index < -0.39 is 12.5 Å². The van der Waals surface area contributed by atoms with Crippen molar-refractivity contribution in [2.75, 3.05) is 13.7 Å². The van der Waals surface area contributed by atoms with Crippen molar-refractivity contribution in [3.63, 3.8) is 0 Å². The van der Waals surface area contributed by atoms with Crippen LogP contribution in [0, 0.1) is 5.92 Å². The quantitative estimate of drug-likeness (QED) is 0.867. The number of aliphatic hydroxyl groups excluding tert-OH is 1. The molecule has 1 N–H and O–H groups in total. The average molecular weight is 278 g/mol. The molecule has 0 amide bonds. The van der Waals surface area contributed by atoms with Crippen LogP contribution in [0.3, 0.4) is 0 Å². The number of benzene rings is 1. The van der Waals surface area contributed by atoms with E-state index in [2.05, 4.69) is 4.74 Å². The first-order valence-electron chi connectivity index (χ1n) is 5.87. The number of halogens is 3. The second-order valence-electron chi connectivity index (χ2n) is 4.29. The van der Waals surface area contributed by atoms with Crippen molar-refractivity contribution in [2.45, 2.75) is 25.8 Å². The van der Waals surface area contributed by atoms with E-state index in [4.69, 9.17) is 4.74 Å². The fraction of sp³-hybridized carbons (Fsp3) is 0.538. The molecule has 0 saturated carbocycles. The molecule has 108 valence electrons. The Morgan fingerprint density at radius 2 is 1.89 bits per heavy atom. The molecule has 0 fully saturated rings. The maximum Gasteiger partial charge on any atom is 0.573 e. The Labute approximate surface area is 110 Å². The highest BCUT2D eigenvalue weighted by molar-refractivity contribution is 5.35. The molecule has 0 aliphatic heterocycles. The molecule has 0 bridgehead atoms. The zero-order valence-electron chi connectivity index (χ0n) is 10.8. The summed E-state index contributed by atoms with van der Waals surface area (Å²) in [4.78, 5) is 0. The van der Waals surface area contributed by atoms with Crippen LogP contribution >= 0.6 is 0 Å². The van der Waals surface area contributed by atoms with Gasteiger partial charge in [-0.1, -0.05) is 25.1 Å². The fourth-order valence-electron chi connectivity index (χ4n) is 1.71. The lowest BCUT2D eigenvalue weighted by molar-refractivity contribution is -0.275. The summed E-state index contributed by atoms with van der Waals surface area (Å²) in [5.41, 5.74) is 0.128. The molecule has 0 aliphatic rings. The number of rotatable bonds is 6. The van der Waals surface area contributed by atoms with Crippen LogP contribution in [0.4, 0.5) is 13.2 Å². The van der Waals surface area contributed by atoms with Gasteiger partial charge in [0.1, 0.15) is 5.75 Å². The first kappa shape index (κ1) is 15.8. The summed E-state index contributed by atoms with van der Waals surface area (Å²) in [5.74, 6) is -0.607. The number of hydrogen-bond acceptors (Lipinski definition) is 3. The number of ether oxygens (including phenoxy) is 2. The van der Waals surface area contributed by atoms with Gasteiger partial charge in [-0.2, -0.15) is 0 Å². The number of alkyl halides is 3. The molecule has 1 aromatic rings. The number of methoxy groups -OCH3 is 1. The van der Waals surface area contributed by atoms with Gasteiger partial charge in [0, 0.05) is 19.3 Å². The van der Waals surface area contributed by atoms with Crippen LogP contribution < -0.4 is 4.74 Å². The zero-order valence-corrected chi connectivity index (χ0v) is 10.8. The monoisotopic (exact) mass is 278 g/mol. The van der Waals surface area contributed by atoms with Gasteiger partial charge in [0.2, 0.25) is 0 Å². The number of aliphatic hydroxyl groups is 1. The van der Waals surface area contributed by atoms with Gasteiger partial charge in [-0.15, -0.1) is 13.2 Å². The molecule has 1 rings (SSSR count). The molecular formula is C13H17F3O3. The van der Waals surface area contributed by atoms with Gasteiger partial charge in [-0.3, -0.25) is 0 Å². The van der Waals surface area contributed by atoms with E-state index in [1.807, 2.05) is 0 Å². The number of para-hydroxylation sites is 1. The molecule has 2 unspecified atom stereocenters. The summed E-state index contributed by atoms with van der Waals surface area (Å²) >= 11 is 0. The van der Waals surface area contributed by atoms with Gasteiger partial charge in [-0.25, -0.2) is 0 Å². The first-order valence-corrected chi connectivity index (χ1v) is 5.87. The number of hydrogen-bond donors (Lipinski definition) is 1. The van der Waals surface area contributed by atoms with Gasteiger partial charge in [0.25, 0.3) is 0 Å². The highest BCUT2D eigenvalue weighted by Crippen LogP contribution is 2.34. The van der Waals surface area contributed by atoms with Crippen molar-refractivity contribution in [1.82, 2.24) is 0 Å². The summed E-state index contributed by atoms with van der Waals surface area (Å²) in [6, 6.07) is 5.60. The van der Waals surface area contributed by atoms with E-state index >= 15 is 0 Å². The maximum atomic E-state index is 12.3. The van der Waals surface area contributed by atoms with Crippen LogP contribution in [0.5, 0.6) is 5.75 Å². The van der Waals surface area contributed by atoms with Crippen LogP contribution in [-0.4, -0.2) is 25.2 Å². The summed E-state index contributed by atoms with van der Waals surface area (Å²) in [5, 5.41) is 10.1. The van der Waals surface area contributed by atoms with Crippen molar-refractivity contribution < 1.29 is 27.8 Å². The largest absolute Gasteiger partial charge is 0.573 e. The predicted molar refractivity (Wildman–Crippen MR) is 63.7 cm³/mol. The van der Waals surface area contributed by atoms with Crippen molar-refractivity contribution in [3.8, 4) is 5.75 Å². The minimum atomic E-state index is -4.77. The lowest BCUT2D eigenvalue weighted by Crippen LogP contribution is -2.20. The third-order valence-corrected chi connectivity index (χ3v) is 2.78. The molecule has 0 spiro atoms. The van der Waals surface area contributed by atoms with Crippen LogP contribution in [0.2, 0.25) is 0 Å². The molecule has 0 radical (unpaired) electrons. The highest BCUT2D eigenvalue weighted by atomic mass is 19.4. The van der Waals surface area contributed by atoms with Crippen molar-refractivity contribution in [1.29, 1.82) is 0 Å². The molecular weight excluding hydrogens is 261 g/mol. The van der Waals surface area contributed by atoms with Crippen LogP contribution in [0.15, 0.2) is 24.3 Å². The van der Waals surface area contributed by atoms with Gasteiger partial charge in [-0.05, 0) is 18.4 Å². The van der Waals surface area contributed by atoms with Gasteiger partial charge < -0.3 is 14.6 Å². The molecule has 0 heterocycles. The van der Waals surface area contributed by atoms with E-state index in [-0.39, 0.29) is 17.2 Å². The summed E-state index contributed by atoms with van der Waals surface area (Å²) in [7, 11) is 1.53. The smallest absolute Gasteiger partial charge is 0.405 e. The zero-order chi connectivity index (χ0) is 14.5. The van der Waals surface area contributed by atoms with Crippen molar-refractivity contribution >= 4 is 0 Å². The molecule has 0 saturated heterocycles. The Morgan fingerprint density at radius 1 is 1.26 bits per heavy atom. The van der Waals surface area contributed by atoms with E-state index in [9.17, 15) is 18.3 Å². The van der Waals surface area contributed by atoms with Gasteiger partial charge >= 0.3 is 6.36 Å². The van der Waals surface area contributed by atoms with Crippen LogP contribution in [-0.2, 0) is 4.74 Å². The SMILES string of the molecule is COCCC(C)C(O)c1ccccc1OC(F)(F)F. The maximum absolute atomic E-state index is 12.3. The fourth-order valence-corrected chi connectivity index (χ4v) is 1.71. The van der Waals surface area contributed by atoms with Gasteiger partial charge in [0.05, 0.1) is 6.10 Å². The normalized spacial score (nSPS) is 15.1. The molecule has 0 aromatic heterocycles. The van der Waals surface area contributed by atoms with E-state index in [0.717, 1.165) is 0 Å². The topological polar surface area (TPSA) is 38.7 Å².